The van der Waals surface area contributed by atoms with Crippen LogP contribution >= 0.6 is 0 Å². The molecule has 8 nitrogen and oxygen atoms in total. The summed E-state index contributed by atoms with van der Waals surface area (Å²) in [6.45, 7) is 0.136. The van der Waals surface area contributed by atoms with E-state index < -0.39 is 11.7 Å². The number of anilines is 3. The van der Waals surface area contributed by atoms with Gasteiger partial charge in [-0.05, 0) is 12.1 Å². The summed E-state index contributed by atoms with van der Waals surface area (Å²) in [5.41, 5.74) is -0.257. The van der Waals surface area contributed by atoms with E-state index in [4.69, 9.17) is 9.84 Å². The first-order valence-electron chi connectivity index (χ1n) is 7.89. The molecule has 0 radical (unpaired) electrons. The van der Waals surface area contributed by atoms with Crippen molar-refractivity contribution in [3.63, 3.8) is 0 Å². The van der Waals surface area contributed by atoms with Gasteiger partial charge in [-0.1, -0.05) is 0 Å². The zero-order chi connectivity index (χ0) is 19.6. The van der Waals surface area contributed by atoms with E-state index in [9.17, 15) is 13.2 Å². The van der Waals surface area contributed by atoms with E-state index >= 15 is 0 Å². The van der Waals surface area contributed by atoms with Crippen LogP contribution in [0.15, 0.2) is 24.4 Å². The third-order valence-corrected chi connectivity index (χ3v) is 3.72. The SMILES string of the molecule is COc1cc(Nc2nc(NCCO)c3cnn(C)c3n2)cc(C(F)(F)F)c1. The van der Waals surface area contributed by atoms with Crippen LogP contribution in [0.5, 0.6) is 5.75 Å². The van der Waals surface area contributed by atoms with Gasteiger partial charge in [0.1, 0.15) is 11.6 Å². The van der Waals surface area contributed by atoms with Gasteiger partial charge < -0.3 is 20.5 Å². The Morgan fingerprint density at radius 1 is 1.22 bits per heavy atom. The van der Waals surface area contributed by atoms with Crippen LogP contribution in [0.2, 0.25) is 0 Å². The van der Waals surface area contributed by atoms with Gasteiger partial charge >= 0.3 is 6.18 Å². The number of nitrogens with zero attached hydrogens (tertiary/aromatic N) is 4. The molecule has 3 aromatic rings. The number of benzene rings is 1. The molecule has 0 bridgehead atoms. The first-order valence-corrected chi connectivity index (χ1v) is 7.89. The van der Waals surface area contributed by atoms with Crippen LogP contribution in [0.3, 0.4) is 0 Å². The second-order valence-electron chi connectivity index (χ2n) is 5.62. The number of aryl methyl sites for hydroxylation is 1. The molecule has 0 saturated carbocycles. The molecule has 1 aromatic carbocycles. The van der Waals surface area contributed by atoms with Crippen molar-refractivity contribution in [1.29, 1.82) is 0 Å². The molecule has 0 unspecified atom stereocenters. The Bertz CT molecular complexity index is 957. The van der Waals surface area contributed by atoms with Gasteiger partial charge in [0, 0.05) is 25.3 Å². The molecule has 0 amide bonds. The minimum Gasteiger partial charge on any atom is -0.497 e. The molecule has 27 heavy (non-hydrogen) atoms. The number of rotatable bonds is 6. The van der Waals surface area contributed by atoms with Crippen LogP contribution in [0, 0.1) is 0 Å². The van der Waals surface area contributed by atoms with Crippen molar-refractivity contribution in [1.82, 2.24) is 19.7 Å². The van der Waals surface area contributed by atoms with Gasteiger partial charge in [0.15, 0.2) is 5.65 Å². The second kappa shape index (κ2) is 7.27. The molecule has 0 spiro atoms. The fourth-order valence-corrected chi connectivity index (χ4v) is 2.47. The second-order valence-corrected chi connectivity index (χ2v) is 5.62. The Hall–Kier alpha value is -3.08. The lowest BCUT2D eigenvalue weighted by Gasteiger charge is -2.13. The molecule has 3 N–H and O–H groups in total. The number of aromatic nitrogens is 4. The first kappa shape index (κ1) is 18.7. The average molecular weight is 382 g/mol. The van der Waals surface area contributed by atoms with Crippen LogP contribution in [-0.4, -0.2) is 45.1 Å². The molecule has 0 aliphatic carbocycles. The molecule has 0 saturated heterocycles. The van der Waals surface area contributed by atoms with E-state index in [1.165, 1.54) is 17.9 Å². The Morgan fingerprint density at radius 3 is 2.67 bits per heavy atom. The summed E-state index contributed by atoms with van der Waals surface area (Å²) in [7, 11) is 2.97. The maximum atomic E-state index is 13.1. The number of methoxy groups -OCH3 is 1. The summed E-state index contributed by atoms with van der Waals surface area (Å²) in [6, 6.07) is 3.26. The van der Waals surface area contributed by atoms with Crippen molar-refractivity contribution in [3.05, 3.63) is 30.0 Å². The maximum absolute atomic E-state index is 13.1. The summed E-state index contributed by atoms with van der Waals surface area (Å²) in [6.07, 6.45) is -2.96. The molecule has 0 aliphatic rings. The maximum Gasteiger partial charge on any atom is 0.416 e. The van der Waals surface area contributed by atoms with E-state index in [0.29, 0.717) is 16.9 Å². The minimum absolute atomic E-state index is 0.0487. The summed E-state index contributed by atoms with van der Waals surface area (Å²) in [5, 5.41) is 19.4. The molecular weight excluding hydrogens is 365 g/mol. The van der Waals surface area contributed by atoms with E-state index in [0.717, 1.165) is 12.1 Å². The third-order valence-electron chi connectivity index (χ3n) is 3.72. The lowest BCUT2D eigenvalue weighted by Crippen LogP contribution is -2.10. The van der Waals surface area contributed by atoms with Gasteiger partial charge in [0.05, 0.1) is 30.9 Å². The summed E-state index contributed by atoms with van der Waals surface area (Å²) >= 11 is 0. The Kier molecular flexibility index (Phi) is 5.04. The van der Waals surface area contributed by atoms with E-state index in [1.807, 2.05) is 0 Å². The number of aliphatic hydroxyl groups excluding tert-OH is 1. The van der Waals surface area contributed by atoms with Gasteiger partial charge in [0.2, 0.25) is 5.95 Å². The molecule has 3 rings (SSSR count). The van der Waals surface area contributed by atoms with Crippen molar-refractivity contribution in [3.8, 4) is 5.75 Å². The number of aliphatic hydroxyl groups is 1. The highest BCUT2D eigenvalue weighted by atomic mass is 19.4. The third kappa shape index (κ3) is 4.03. The average Bonchev–Trinajstić information content (AvgIpc) is 3.00. The highest BCUT2D eigenvalue weighted by Crippen LogP contribution is 2.35. The van der Waals surface area contributed by atoms with Gasteiger partial charge in [0.25, 0.3) is 0 Å². The van der Waals surface area contributed by atoms with Crippen LogP contribution in [0.25, 0.3) is 11.0 Å². The lowest BCUT2D eigenvalue weighted by atomic mass is 10.2. The Labute approximate surface area is 152 Å². The molecular formula is C16H17F3N6O2. The van der Waals surface area contributed by atoms with Crippen molar-refractivity contribution in [2.75, 3.05) is 30.9 Å². The topological polar surface area (TPSA) is 97.1 Å². The predicted molar refractivity (Wildman–Crippen MR) is 93.2 cm³/mol. The van der Waals surface area contributed by atoms with E-state index in [1.54, 1.807) is 13.2 Å². The summed E-state index contributed by atoms with van der Waals surface area (Å²) < 4.78 is 45.7. The molecule has 2 heterocycles. The van der Waals surface area contributed by atoms with Crippen LogP contribution in [0.1, 0.15) is 5.56 Å². The van der Waals surface area contributed by atoms with Crippen LogP contribution in [0.4, 0.5) is 30.6 Å². The number of hydrogen-bond donors (Lipinski definition) is 3. The normalized spacial score (nSPS) is 11.6. The monoisotopic (exact) mass is 382 g/mol. The summed E-state index contributed by atoms with van der Waals surface area (Å²) in [5.74, 6) is 0.532. The zero-order valence-corrected chi connectivity index (χ0v) is 14.5. The molecule has 0 atom stereocenters. The smallest absolute Gasteiger partial charge is 0.416 e. The molecule has 2 aromatic heterocycles. The van der Waals surface area contributed by atoms with Gasteiger partial charge in [-0.2, -0.15) is 28.2 Å². The largest absolute Gasteiger partial charge is 0.497 e. The Balaban J connectivity index is 2.02. The number of fused-ring (bicyclic) bond motifs is 1. The lowest BCUT2D eigenvalue weighted by molar-refractivity contribution is -0.137. The molecule has 0 fully saturated rings. The van der Waals surface area contributed by atoms with Gasteiger partial charge in [-0.3, -0.25) is 4.68 Å². The first-order chi connectivity index (χ1) is 12.8. The predicted octanol–water partition coefficient (Wildman–Crippen LogP) is 2.54. The van der Waals surface area contributed by atoms with Crippen molar-refractivity contribution in [2.45, 2.75) is 6.18 Å². The van der Waals surface area contributed by atoms with Crippen LogP contribution in [-0.2, 0) is 13.2 Å². The highest BCUT2D eigenvalue weighted by molar-refractivity contribution is 5.87. The fourth-order valence-electron chi connectivity index (χ4n) is 2.47. The molecule has 144 valence electrons. The van der Waals surface area contributed by atoms with Crippen molar-refractivity contribution in [2.24, 2.45) is 7.05 Å². The number of halogens is 3. The number of alkyl halides is 3. The molecule has 0 aliphatic heterocycles. The van der Waals surface area contributed by atoms with E-state index in [2.05, 4.69) is 25.7 Å². The standard InChI is InChI=1S/C16H17F3N6O2/c1-25-14-12(8-21-25)13(20-3-4-26)23-15(24-14)22-10-5-9(16(17,18)19)6-11(7-10)27-2/h5-8,26H,3-4H2,1-2H3,(H2,20,22,23,24). The number of hydrogen-bond acceptors (Lipinski definition) is 7. The van der Waals surface area contributed by atoms with Crippen LogP contribution < -0.4 is 15.4 Å². The van der Waals surface area contributed by atoms with Crippen molar-refractivity contribution >= 4 is 28.5 Å². The van der Waals surface area contributed by atoms with Gasteiger partial charge in [-0.25, -0.2) is 0 Å². The minimum atomic E-state index is -4.52. The van der Waals surface area contributed by atoms with Gasteiger partial charge in [-0.15, -0.1) is 0 Å². The molecule has 11 heteroatoms. The quantitative estimate of drug-likeness (QED) is 0.603. The zero-order valence-electron chi connectivity index (χ0n) is 14.5. The fraction of sp³-hybridized carbons (Fsp3) is 0.312. The number of nitrogens with one attached hydrogen (secondary N) is 2. The Morgan fingerprint density at radius 2 is 2.00 bits per heavy atom. The summed E-state index contributed by atoms with van der Waals surface area (Å²) in [4.78, 5) is 8.57. The van der Waals surface area contributed by atoms with E-state index in [-0.39, 0.29) is 30.5 Å². The van der Waals surface area contributed by atoms with Crippen molar-refractivity contribution < 1.29 is 23.0 Å². The number of ether oxygens (including phenoxy) is 1. The highest BCUT2D eigenvalue weighted by Gasteiger charge is 2.31.